The van der Waals surface area contributed by atoms with Gasteiger partial charge in [0.1, 0.15) is 0 Å². The summed E-state index contributed by atoms with van der Waals surface area (Å²) >= 11 is 0. The Labute approximate surface area is 179 Å². The monoisotopic (exact) mass is 396 g/mol. The molecule has 28 heavy (non-hydrogen) atoms. The van der Waals surface area contributed by atoms with Crippen molar-refractivity contribution in [3.05, 3.63) is 0 Å². The molecule has 0 aromatic heterocycles. The van der Waals surface area contributed by atoms with E-state index in [1.165, 1.54) is 116 Å². The van der Waals surface area contributed by atoms with E-state index in [9.17, 15) is 5.11 Å². The van der Waals surface area contributed by atoms with Crippen molar-refractivity contribution in [3.63, 3.8) is 0 Å². The summed E-state index contributed by atoms with van der Waals surface area (Å²) in [4.78, 5) is 0. The second-order valence-corrected chi connectivity index (χ2v) is 9.84. The van der Waals surface area contributed by atoms with Crippen molar-refractivity contribution in [2.45, 2.75) is 162 Å². The highest BCUT2D eigenvalue weighted by Gasteiger charge is 2.10. The van der Waals surface area contributed by atoms with Gasteiger partial charge in [0.15, 0.2) is 0 Å². The van der Waals surface area contributed by atoms with Crippen molar-refractivity contribution in [1.82, 2.24) is 0 Å². The Balaban J connectivity index is 3.35. The third kappa shape index (κ3) is 20.7. The zero-order valence-corrected chi connectivity index (χ0v) is 20.3. The van der Waals surface area contributed by atoms with E-state index in [0.717, 1.165) is 24.7 Å². The molecule has 170 valence electrons. The standard InChI is InChI=1S/C27H56O/c1-5-7-9-10-11-12-13-14-15-16-17-18-20-26(4)22-24-27(28)23-21-25(3)19-8-6-2/h25-28H,5-24H2,1-4H3/t25-,26-,27?/m1/s1. The van der Waals surface area contributed by atoms with E-state index < -0.39 is 0 Å². The van der Waals surface area contributed by atoms with Gasteiger partial charge in [-0.15, -0.1) is 0 Å². The van der Waals surface area contributed by atoms with Gasteiger partial charge in [0, 0.05) is 0 Å². The molecule has 0 rings (SSSR count). The molecule has 0 heterocycles. The minimum atomic E-state index is -0.0616. The van der Waals surface area contributed by atoms with E-state index >= 15 is 0 Å². The van der Waals surface area contributed by atoms with Gasteiger partial charge in [-0.2, -0.15) is 0 Å². The van der Waals surface area contributed by atoms with Crippen molar-refractivity contribution in [2.24, 2.45) is 11.8 Å². The average molecular weight is 397 g/mol. The van der Waals surface area contributed by atoms with Crippen molar-refractivity contribution in [1.29, 1.82) is 0 Å². The number of rotatable bonds is 22. The van der Waals surface area contributed by atoms with Crippen molar-refractivity contribution < 1.29 is 5.11 Å². The van der Waals surface area contributed by atoms with Crippen LogP contribution >= 0.6 is 0 Å². The van der Waals surface area contributed by atoms with Crippen LogP contribution < -0.4 is 0 Å². The molecule has 0 radical (unpaired) electrons. The Morgan fingerprint density at radius 1 is 0.429 bits per heavy atom. The van der Waals surface area contributed by atoms with Crippen LogP contribution in [0.2, 0.25) is 0 Å². The Bertz CT molecular complexity index is 288. The van der Waals surface area contributed by atoms with Crippen LogP contribution in [0.3, 0.4) is 0 Å². The first-order valence-corrected chi connectivity index (χ1v) is 13.3. The van der Waals surface area contributed by atoms with Crippen LogP contribution in [0.1, 0.15) is 156 Å². The van der Waals surface area contributed by atoms with E-state index in [0.29, 0.717) is 0 Å². The first-order chi connectivity index (χ1) is 13.6. The van der Waals surface area contributed by atoms with E-state index in [-0.39, 0.29) is 6.10 Å². The van der Waals surface area contributed by atoms with Crippen LogP contribution in [0, 0.1) is 11.8 Å². The van der Waals surface area contributed by atoms with Crippen molar-refractivity contribution in [3.8, 4) is 0 Å². The fourth-order valence-electron chi connectivity index (χ4n) is 4.27. The molecule has 1 N–H and O–H groups in total. The third-order valence-corrected chi connectivity index (χ3v) is 6.59. The Morgan fingerprint density at radius 2 is 0.786 bits per heavy atom. The topological polar surface area (TPSA) is 20.2 Å². The maximum atomic E-state index is 10.2. The van der Waals surface area contributed by atoms with Gasteiger partial charge < -0.3 is 5.11 Å². The van der Waals surface area contributed by atoms with Gasteiger partial charge in [-0.05, 0) is 37.5 Å². The summed E-state index contributed by atoms with van der Waals surface area (Å²) < 4.78 is 0. The SMILES string of the molecule is CCCCCCCCCCCCCC[C@@H](C)CCC(O)CC[C@H](C)CCCC. The van der Waals surface area contributed by atoms with Crippen LogP contribution in [0.4, 0.5) is 0 Å². The highest BCUT2D eigenvalue weighted by Crippen LogP contribution is 2.21. The van der Waals surface area contributed by atoms with Gasteiger partial charge in [0.25, 0.3) is 0 Å². The Hall–Kier alpha value is -0.0400. The van der Waals surface area contributed by atoms with E-state index in [2.05, 4.69) is 27.7 Å². The van der Waals surface area contributed by atoms with Crippen molar-refractivity contribution >= 4 is 0 Å². The molecule has 0 bridgehead atoms. The zero-order chi connectivity index (χ0) is 20.9. The lowest BCUT2D eigenvalue weighted by Gasteiger charge is -2.17. The van der Waals surface area contributed by atoms with Gasteiger partial charge in [-0.25, -0.2) is 0 Å². The lowest BCUT2D eigenvalue weighted by atomic mass is 9.92. The number of hydrogen-bond acceptors (Lipinski definition) is 1. The predicted molar refractivity (Wildman–Crippen MR) is 128 cm³/mol. The molecule has 1 unspecified atom stereocenters. The second-order valence-electron chi connectivity index (χ2n) is 9.84. The minimum absolute atomic E-state index is 0.0616. The summed E-state index contributed by atoms with van der Waals surface area (Å²) in [6.45, 7) is 9.29. The summed E-state index contributed by atoms with van der Waals surface area (Å²) in [5.74, 6) is 1.57. The first kappa shape index (κ1) is 28.0. The molecule has 0 aliphatic rings. The molecule has 0 saturated heterocycles. The highest BCUT2D eigenvalue weighted by atomic mass is 16.3. The molecule has 0 aliphatic heterocycles. The lowest BCUT2D eigenvalue weighted by Crippen LogP contribution is -2.10. The molecule has 0 amide bonds. The summed E-state index contributed by atoms with van der Waals surface area (Å²) in [5.41, 5.74) is 0. The largest absolute Gasteiger partial charge is 0.393 e. The zero-order valence-electron chi connectivity index (χ0n) is 20.3. The number of aliphatic hydroxyl groups excluding tert-OH is 1. The molecule has 0 aromatic rings. The van der Waals surface area contributed by atoms with Crippen LogP contribution in [-0.2, 0) is 0 Å². The minimum Gasteiger partial charge on any atom is -0.393 e. The fourth-order valence-corrected chi connectivity index (χ4v) is 4.27. The fraction of sp³-hybridized carbons (Fsp3) is 1.00. The summed E-state index contributed by atoms with van der Waals surface area (Å²) in [6, 6.07) is 0. The van der Waals surface area contributed by atoms with Crippen molar-refractivity contribution in [2.75, 3.05) is 0 Å². The number of hydrogen-bond donors (Lipinski definition) is 1. The maximum Gasteiger partial charge on any atom is 0.0540 e. The molecule has 1 nitrogen and oxygen atoms in total. The molecule has 1 heteroatoms. The first-order valence-electron chi connectivity index (χ1n) is 13.3. The molecule has 0 aliphatic carbocycles. The predicted octanol–water partition coefficient (Wildman–Crippen LogP) is 9.46. The van der Waals surface area contributed by atoms with Gasteiger partial charge in [0.2, 0.25) is 0 Å². The molecule has 0 spiro atoms. The van der Waals surface area contributed by atoms with E-state index in [1.54, 1.807) is 0 Å². The Morgan fingerprint density at radius 3 is 1.21 bits per heavy atom. The summed E-state index contributed by atoms with van der Waals surface area (Å²) in [6.07, 6.45) is 26.9. The van der Waals surface area contributed by atoms with Gasteiger partial charge >= 0.3 is 0 Å². The van der Waals surface area contributed by atoms with Crippen LogP contribution in [0.5, 0.6) is 0 Å². The second kappa shape index (κ2) is 21.7. The van der Waals surface area contributed by atoms with Gasteiger partial charge in [0.05, 0.1) is 6.10 Å². The van der Waals surface area contributed by atoms with Gasteiger partial charge in [-0.3, -0.25) is 0 Å². The van der Waals surface area contributed by atoms with E-state index in [1.807, 2.05) is 0 Å². The molecular weight excluding hydrogens is 340 g/mol. The molecular formula is C27H56O. The lowest BCUT2D eigenvalue weighted by molar-refractivity contribution is 0.136. The normalized spacial score (nSPS) is 14.9. The molecule has 0 aromatic carbocycles. The molecule has 0 saturated carbocycles. The average Bonchev–Trinajstić information content (AvgIpc) is 2.69. The highest BCUT2D eigenvalue weighted by molar-refractivity contribution is 4.63. The molecule has 0 fully saturated rings. The quantitative estimate of drug-likeness (QED) is 0.181. The number of aliphatic hydroxyl groups is 1. The summed E-state index contributed by atoms with van der Waals surface area (Å²) in [7, 11) is 0. The van der Waals surface area contributed by atoms with Crippen LogP contribution in [0.15, 0.2) is 0 Å². The maximum absolute atomic E-state index is 10.2. The smallest absolute Gasteiger partial charge is 0.0540 e. The summed E-state index contributed by atoms with van der Waals surface area (Å²) in [5, 5.41) is 10.2. The van der Waals surface area contributed by atoms with Gasteiger partial charge in [-0.1, -0.05) is 130 Å². The number of unbranched alkanes of at least 4 members (excludes halogenated alkanes) is 12. The van der Waals surface area contributed by atoms with Crippen LogP contribution in [0.25, 0.3) is 0 Å². The van der Waals surface area contributed by atoms with E-state index in [4.69, 9.17) is 0 Å². The Kier molecular flexibility index (Phi) is 21.6. The molecule has 3 atom stereocenters. The third-order valence-electron chi connectivity index (χ3n) is 6.59. The van der Waals surface area contributed by atoms with Crippen LogP contribution in [-0.4, -0.2) is 11.2 Å².